The van der Waals surface area contributed by atoms with Gasteiger partial charge in [0.25, 0.3) is 0 Å². The number of aliphatic hydroxyl groups is 1. The fourth-order valence-corrected chi connectivity index (χ4v) is 2.20. The Balaban J connectivity index is 1.90. The number of carbonyl (C=O) groups is 1. The van der Waals surface area contributed by atoms with Gasteiger partial charge in [0.1, 0.15) is 5.60 Å². The molecule has 1 amide bonds. The maximum atomic E-state index is 12.0. The first-order valence-corrected chi connectivity index (χ1v) is 5.78. The summed E-state index contributed by atoms with van der Waals surface area (Å²) in [6.45, 7) is 5.65. The Kier molecular flexibility index (Phi) is 2.94. The molecule has 92 valence electrons. The third-order valence-electron chi connectivity index (χ3n) is 3.76. The Hall–Kier alpha value is -0.650. The minimum Gasteiger partial charge on any atom is -0.386 e. The van der Waals surface area contributed by atoms with Crippen LogP contribution >= 0.6 is 0 Å². The molecule has 2 fully saturated rings. The Morgan fingerprint density at radius 2 is 2.12 bits per heavy atom. The van der Waals surface area contributed by atoms with E-state index in [1.165, 1.54) is 0 Å². The number of likely N-dealkylation sites (tertiary alicyclic amines) is 1. The second kappa shape index (κ2) is 3.98. The molecule has 0 aromatic carbocycles. The van der Waals surface area contributed by atoms with Gasteiger partial charge in [0.05, 0.1) is 32.2 Å². The van der Waals surface area contributed by atoms with Crippen molar-refractivity contribution >= 4 is 5.91 Å². The first-order chi connectivity index (χ1) is 7.44. The highest BCUT2D eigenvalue weighted by Gasteiger charge is 2.48. The van der Waals surface area contributed by atoms with E-state index in [-0.39, 0.29) is 23.8 Å². The molecule has 0 saturated carbocycles. The van der Waals surface area contributed by atoms with Crippen LogP contribution in [0.4, 0.5) is 0 Å². The molecule has 5 heteroatoms. The number of β-amino-alcohol motifs (C(OH)–C–C–N with tert-alkyl or cyclic N) is 1. The number of nitrogens with zero attached hydrogens (tertiary/aromatic N) is 1. The van der Waals surface area contributed by atoms with Crippen molar-refractivity contribution in [1.29, 1.82) is 0 Å². The summed E-state index contributed by atoms with van der Waals surface area (Å²) < 4.78 is 5.17. The van der Waals surface area contributed by atoms with E-state index in [4.69, 9.17) is 10.5 Å². The predicted molar refractivity (Wildman–Crippen MR) is 58.7 cm³/mol. The zero-order valence-corrected chi connectivity index (χ0v) is 9.85. The standard InChI is InChI=1S/C11H20N2O3/c1-7(2)11(15)5-13(6-11)10(14)8-3-16-4-9(8)12/h7-9,15H,3-6,12H2,1-2H3. The summed E-state index contributed by atoms with van der Waals surface area (Å²) in [5.41, 5.74) is 5.08. The van der Waals surface area contributed by atoms with Crippen LogP contribution in [-0.4, -0.2) is 53.9 Å². The average molecular weight is 228 g/mol. The van der Waals surface area contributed by atoms with Gasteiger partial charge in [-0.25, -0.2) is 0 Å². The van der Waals surface area contributed by atoms with Gasteiger partial charge in [-0.3, -0.25) is 4.79 Å². The Morgan fingerprint density at radius 1 is 1.50 bits per heavy atom. The van der Waals surface area contributed by atoms with Crippen LogP contribution in [0, 0.1) is 11.8 Å². The summed E-state index contributed by atoms with van der Waals surface area (Å²) in [7, 11) is 0. The van der Waals surface area contributed by atoms with Crippen molar-refractivity contribution in [3.05, 3.63) is 0 Å². The molecule has 0 aromatic rings. The molecule has 0 aromatic heterocycles. The van der Waals surface area contributed by atoms with Crippen LogP contribution < -0.4 is 5.73 Å². The largest absolute Gasteiger partial charge is 0.386 e. The van der Waals surface area contributed by atoms with Crippen molar-refractivity contribution in [3.8, 4) is 0 Å². The SMILES string of the molecule is CC(C)C1(O)CN(C(=O)C2COCC2N)C1. The van der Waals surface area contributed by atoms with Crippen molar-refractivity contribution < 1.29 is 14.6 Å². The lowest BCUT2D eigenvalue weighted by Gasteiger charge is -2.49. The molecule has 5 nitrogen and oxygen atoms in total. The van der Waals surface area contributed by atoms with Gasteiger partial charge in [0.15, 0.2) is 0 Å². The number of rotatable bonds is 2. The zero-order valence-electron chi connectivity index (χ0n) is 9.85. The maximum absolute atomic E-state index is 12.0. The third kappa shape index (κ3) is 1.83. The molecule has 2 unspecified atom stereocenters. The third-order valence-corrected chi connectivity index (χ3v) is 3.76. The molecule has 0 aliphatic carbocycles. The van der Waals surface area contributed by atoms with E-state index >= 15 is 0 Å². The van der Waals surface area contributed by atoms with Gasteiger partial charge in [0, 0.05) is 6.04 Å². The summed E-state index contributed by atoms with van der Waals surface area (Å²) in [6, 6.07) is -0.194. The van der Waals surface area contributed by atoms with E-state index in [9.17, 15) is 9.90 Å². The molecule has 2 aliphatic rings. The summed E-state index contributed by atoms with van der Waals surface area (Å²) >= 11 is 0. The lowest BCUT2D eigenvalue weighted by Crippen LogP contribution is -2.67. The van der Waals surface area contributed by atoms with Gasteiger partial charge >= 0.3 is 0 Å². The first-order valence-electron chi connectivity index (χ1n) is 5.78. The van der Waals surface area contributed by atoms with Gasteiger partial charge in [-0.1, -0.05) is 13.8 Å². The van der Waals surface area contributed by atoms with Crippen LogP contribution in [0.25, 0.3) is 0 Å². The highest BCUT2D eigenvalue weighted by atomic mass is 16.5. The fourth-order valence-electron chi connectivity index (χ4n) is 2.20. The minimum atomic E-state index is -0.709. The molecule has 2 saturated heterocycles. The fraction of sp³-hybridized carbons (Fsp3) is 0.909. The Labute approximate surface area is 95.5 Å². The number of nitrogens with two attached hydrogens (primary N) is 1. The van der Waals surface area contributed by atoms with Crippen LogP contribution in [0.3, 0.4) is 0 Å². The second-order valence-corrected chi connectivity index (χ2v) is 5.26. The number of hydrogen-bond acceptors (Lipinski definition) is 4. The smallest absolute Gasteiger partial charge is 0.229 e. The van der Waals surface area contributed by atoms with E-state index in [1.54, 1.807) is 4.90 Å². The molecular weight excluding hydrogens is 208 g/mol. The van der Waals surface area contributed by atoms with E-state index in [1.807, 2.05) is 13.8 Å². The van der Waals surface area contributed by atoms with Crippen LogP contribution in [0.5, 0.6) is 0 Å². The highest BCUT2D eigenvalue weighted by Crippen LogP contribution is 2.30. The van der Waals surface area contributed by atoms with E-state index < -0.39 is 5.60 Å². The summed E-state index contributed by atoms with van der Waals surface area (Å²) in [5.74, 6) is -0.0305. The van der Waals surface area contributed by atoms with E-state index in [2.05, 4.69) is 0 Å². The van der Waals surface area contributed by atoms with Crippen LogP contribution in [0.2, 0.25) is 0 Å². The summed E-state index contributed by atoms with van der Waals surface area (Å²) in [5, 5.41) is 10.1. The summed E-state index contributed by atoms with van der Waals surface area (Å²) in [6.07, 6.45) is 0. The van der Waals surface area contributed by atoms with Gasteiger partial charge in [0.2, 0.25) is 5.91 Å². The van der Waals surface area contributed by atoms with Crippen molar-refractivity contribution in [2.45, 2.75) is 25.5 Å². The molecule has 2 aliphatic heterocycles. The Bertz CT molecular complexity index is 287. The highest BCUT2D eigenvalue weighted by molar-refractivity contribution is 5.81. The molecule has 0 bridgehead atoms. The van der Waals surface area contributed by atoms with Crippen molar-refractivity contribution in [3.63, 3.8) is 0 Å². The number of ether oxygens (including phenoxy) is 1. The average Bonchev–Trinajstić information content (AvgIpc) is 2.58. The van der Waals surface area contributed by atoms with Gasteiger partial charge < -0.3 is 20.5 Å². The molecule has 2 heterocycles. The van der Waals surface area contributed by atoms with Gasteiger partial charge in [-0.15, -0.1) is 0 Å². The van der Waals surface area contributed by atoms with E-state index in [0.29, 0.717) is 26.3 Å². The second-order valence-electron chi connectivity index (χ2n) is 5.26. The normalized spacial score (nSPS) is 32.9. The molecule has 0 radical (unpaired) electrons. The predicted octanol–water partition coefficient (Wildman–Crippen LogP) is -0.811. The van der Waals surface area contributed by atoms with Gasteiger partial charge in [-0.2, -0.15) is 0 Å². The monoisotopic (exact) mass is 228 g/mol. The lowest BCUT2D eigenvalue weighted by molar-refractivity contribution is -0.167. The lowest BCUT2D eigenvalue weighted by atomic mass is 9.82. The molecule has 3 N–H and O–H groups in total. The number of carbonyl (C=O) groups excluding carboxylic acids is 1. The maximum Gasteiger partial charge on any atom is 0.229 e. The van der Waals surface area contributed by atoms with Crippen LogP contribution in [0.15, 0.2) is 0 Å². The Morgan fingerprint density at radius 3 is 2.56 bits per heavy atom. The number of hydrogen-bond donors (Lipinski definition) is 2. The molecule has 16 heavy (non-hydrogen) atoms. The van der Waals surface area contributed by atoms with Crippen LogP contribution in [0.1, 0.15) is 13.8 Å². The van der Waals surface area contributed by atoms with Crippen molar-refractivity contribution in [2.75, 3.05) is 26.3 Å². The van der Waals surface area contributed by atoms with Crippen LogP contribution in [-0.2, 0) is 9.53 Å². The topological polar surface area (TPSA) is 75.8 Å². The minimum absolute atomic E-state index is 0.0234. The van der Waals surface area contributed by atoms with Crippen molar-refractivity contribution in [2.24, 2.45) is 17.6 Å². The summed E-state index contributed by atoms with van der Waals surface area (Å²) in [4.78, 5) is 13.7. The van der Waals surface area contributed by atoms with Gasteiger partial charge in [-0.05, 0) is 5.92 Å². The first kappa shape index (κ1) is 11.8. The number of amides is 1. The molecule has 0 spiro atoms. The van der Waals surface area contributed by atoms with Crippen molar-refractivity contribution in [1.82, 2.24) is 4.90 Å². The molecular formula is C11H20N2O3. The zero-order chi connectivity index (χ0) is 11.9. The molecule has 2 rings (SSSR count). The molecule has 2 atom stereocenters. The van der Waals surface area contributed by atoms with E-state index in [0.717, 1.165) is 0 Å². The quantitative estimate of drug-likeness (QED) is 0.648.